The van der Waals surface area contributed by atoms with Gasteiger partial charge < -0.3 is 24.3 Å². The summed E-state index contributed by atoms with van der Waals surface area (Å²) >= 11 is 0. The molecule has 5 nitrogen and oxygen atoms in total. The van der Waals surface area contributed by atoms with Crippen LogP contribution in [0.25, 0.3) is 0 Å². The van der Waals surface area contributed by atoms with Crippen molar-refractivity contribution in [2.75, 3.05) is 48.6 Å². The van der Waals surface area contributed by atoms with Gasteiger partial charge in [-0.15, -0.1) is 0 Å². The fourth-order valence-corrected chi connectivity index (χ4v) is 2.13. The molecule has 108 valence electrons. The van der Waals surface area contributed by atoms with Gasteiger partial charge in [0.25, 0.3) is 0 Å². The number of nitrogens with one attached hydrogen (secondary N) is 1. The first-order valence-corrected chi connectivity index (χ1v) is 6.15. The zero-order valence-corrected chi connectivity index (χ0v) is 12.3. The van der Waals surface area contributed by atoms with Crippen LogP contribution in [-0.2, 0) is 4.74 Å². The third-order valence-corrected chi connectivity index (χ3v) is 2.98. The Bertz CT molecular complexity index is 364. The maximum Gasteiger partial charge on any atom is 0.129 e. The van der Waals surface area contributed by atoms with Gasteiger partial charge in [0.2, 0.25) is 0 Å². The molecule has 1 atom stereocenters. The van der Waals surface area contributed by atoms with Gasteiger partial charge in [0, 0.05) is 37.3 Å². The molecule has 0 amide bonds. The summed E-state index contributed by atoms with van der Waals surface area (Å²) in [5.41, 5.74) is 0.988. The molecule has 0 heterocycles. The van der Waals surface area contributed by atoms with Gasteiger partial charge in [0.05, 0.1) is 27.9 Å². The highest BCUT2D eigenvalue weighted by molar-refractivity contribution is 5.52. The molecule has 0 aromatic heterocycles. The van der Waals surface area contributed by atoms with Gasteiger partial charge >= 0.3 is 0 Å². The van der Waals surface area contributed by atoms with E-state index in [-0.39, 0.29) is 5.92 Å². The van der Waals surface area contributed by atoms with Gasteiger partial charge in [-0.2, -0.15) is 0 Å². The molecule has 1 rings (SSSR count). The third-order valence-electron chi connectivity index (χ3n) is 2.98. The molecule has 1 aromatic carbocycles. The van der Waals surface area contributed by atoms with Crippen LogP contribution in [0, 0.1) is 0 Å². The van der Waals surface area contributed by atoms with Crippen molar-refractivity contribution >= 4 is 0 Å². The van der Waals surface area contributed by atoms with E-state index in [0.717, 1.165) is 23.6 Å². The monoisotopic (exact) mass is 269 g/mol. The van der Waals surface area contributed by atoms with Crippen molar-refractivity contribution in [2.24, 2.45) is 0 Å². The average molecular weight is 269 g/mol. The van der Waals surface area contributed by atoms with Gasteiger partial charge in [-0.05, 0) is 7.05 Å². The molecule has 5 heteroatoms. The molecule has 0 spiro atoms. The number of ether oxygens (including phenoxy) is 4. The normalized spacial score (nSPS) is 12.1. The van der Waals surface area contributed by atoms with Crippen LogP contribution in [0.4, 0.5) is 0 Å². The lowest BCUT2D eigenvalue weighted by molar-refractivity contribution is 0.176. The van der Waals surface area contributed by atoms with E-state index < -0.39 is 0 Å². The molecular formula is C14H23NO4. The molecule has 0 radical (unpaired) electrons. The van der Waals surface area contributed by atoms with Gasteiger partial charge in [-0.3, -0.25) is 0 Å². The van der Waals surface area contributed by atoms with E-state index in [9.17, 15) is 0 Å². The summed E-state index contributed by atoms with van der Waals surface area (Å²) in [5.74, 6) is 2.34. The van der Waals surface area contributed by atoms with Crippen LogP contribution in [0.3, 0.4) is 0 Å². The minimum Gasteiger partial charge on any atom is -0.496 e. The Hall–Kier alpha value is -1.46. The SMILES string of the molecule is CNCC(COC)c1c(OC)cc(OC)cc1OC. The zero-order valence-electron chi connectivity index (χ0n) is 12.3. The van der Waals surface area contributed by atoms with Crippen LogP contribution in [0.2, 0.25) is 0 Å². The van der Waals surface area contributed by atoms with Crippen LogP contribution in [0.15, 0.2) is 12.1 Å². The number of hydrogen-bond donors (Lipinski definition) is 1. The fourth-order valence-electron chi connectivity index (χ4n) is 2.13. The Balaban J connectivity index is 3.27. The van der Waals surface area contributed by atoms with Gasteiger partial charge in [-0.1, -0.05) is 0 Å². The maximum absolute atomic E-state index is 5.46. The van der Waals surface area contributed by atoms with Crippen molar-refractivity contribution in [3.8, 4) is 17.2 Å². The Kier molecular flexibility index (Phi) is 6.45. The molecule has 0 saturated heterocycles. The van der Waals surface area contributed by atoms with Crippen LogP contribution < -0.4 is 19.5 Å². The highest BCUT2D eigenvalue weighted by atomic mass is 16.5. The summed E-state index contributed by atoms with van der Waals surface area (Å²) in [6.07, 6.45) is 0. The summed E-state index contributed by atoms with van der Waals surface area (Å²) in [7, 11) is 8.49. The molecule has 0 aliphatic heterocycles. The first kappa shape index (κ1) is 15.6. The average Bonchev–Trinajstić information content (AvgIpc) is 2.45. The van der Waals surface area contributed by atoms with Crippen LogP contribution in [0.5, 0.6) is 17.2 Å². The second kappa shape index (κ2) is 7.86. The molecule has 19 heavy (non-hydrogen) atoms. The lowest BCUT2D eigenvalue weighted by atomic mass is 9.97. The van der Waals surface area contributed by atoms with E-state index in [1.54, 1.807) is 28.4 Å². The largest absolute Gasteiger partial charge is 0.496 e. The zero-order chi connectivity index (χ0) is 14.3. The predicted octanol–water partition coefficient (Wildman–Crippen LogP) is 1.66. The minimum atomic E-state index is 0.144. The Morgan fingerprint density at radius 2 is 1.58 bits per heavy atom. The van der Waals surface area contributed by atoms with E-state index in [1.807, 2.05) is 19.2 Å². The molecule has 1 unspecified atom stereocenters. The van der Waals surface area contributed by atoms with Crippen molar-refractivity contribution in [1.29, 1.82) is 0 Å². The summed E-state index contributed by atoms with van der Waals surface area (Å²) in [5, 5.41) is 3.16. The highest BCUT2D eigenvalue weighted by Crippen LogP contribution is 2.39. The summed E-state index contributed by atoms with van der Waals surface area (Å²) < 4.78 is 21.5. The van der Waals surface area contributed by atoms with E-state index in [4.69, 9.17) is 18.9 Å². The van der Waals surface area contributed by atoms with Crippen LogP contribution in [-0.4, -0.2) is 48.6 Å². The fraction of sp³-hybridized carbons (Fsp3) is 0.571. The van der Waals surface area contributed by atoms with Gasteiger partial charge in [0.1, 0.15) is 17.2 Å². The highest BCUT2D eigenvalue weighted by Gasteiger charge is 2.22. The second-order valence-corrected chi connectivity index (χ2v) is 4.16. The second-order valence-electron chi connectivity index (χ2n) is 4.16. The number of methoxy groups -OCH3 is 4. The Morgan fingerprint density at radius 3 is 1.95 bits per heavy atom. The first-order chi connectivity index (χ1) is 9.21. The van der Waals surface area contributed by atoms with Crippen LogP contribution in [0.1, 0.15) is 11.5 Å². The summed E-state index contributed by atoms with van der Waals surface area (Å²) in [6.45, 7) is 1.35. The van der Waals surface area contributed by atoms with Gasteiger partial charge in [0.15, 0.2) is 0 Å². The van der Waals surface area contributed by atoms with Gasteiger partial charge in [-0.25, -0.2) is 0 Å². The van der Waals surface area contributed by atoms with E-state index in [1.165, 1.54) is 0 Å². The number of rotatable bonds is 8. The minimum absolute atomic E-state index is 0.144. The Morgan fingerprint density at radius 1 is 1.00 bits per heavy atom. The van der Waals surface area contributed by atoms with Crippen molar-refractivity contribution in [3.63, 3.8) is 0 Å². The van der Waals surface area contributed by atoms with E-state index in [2.05, 4.69) is 5.32 Å². The molecule has 0 bridgehead atoms. The third kappa shape index (κ3) is 3.75. The standard InChI is InChI=1S/C14H23NO4/c1-15-8-10(9-16-2)14-12(18-4)6-11(17-3)7-13(14)19-5/h6-7,10,15H,8-9H2,1-5H3. The quantitative estimate of drug-likeness (QED) is 0.778. The lowest BCUT2D eigenvalue weighted by Crippen LogP contribution is -2.22. The summed E-state index contributed by atoms with van der Waals surface area (Å²) in [4.78, 5) is 0. The first-order valence-electron chi connectivity index (χ1n) is 6.15. The van der Waals surface area contributed by atoms with Crippen molar-refractivity contribution in [3.05, 3.63) is 17.7 Å². The smallest absolute Gasteiger partial charge is 0.129 e. The molecule has 0 saturated carbocycles. The predicted molar refractivity (Wildman–Crippen MR) is 74.6 cm³/mol. The van der Waals surface area contributed by atoms with E-state index >= 15 is 0 Å². The molecular weight excluding hydrogens is 246 g/mol. The summed E-state index contributed by atoms with van der Waals surface area (Å²) in [6, 6.07) is 3.71. The molecule has 0 aliphatic rings. The number of hydrogen-bond acceptors (Lipinski definition) is 5. The molecule has 0 aliphatic carbocycles. The van der Waals surface area contributed by atoms with Crippen molar-refractivity contribution in [1.82, 2.24) is 5.32 Å². The molecule has 0 fully saturated rings. The Labute approximate surface area is 114 Å². The number of benzene rings is 1. The molecule has 1 N–H and O–H groups in total. The van der Waals surface area contributed by atoms with Crippen molar-refractivity contribution in [2.45, 2.75) is 5.92 Å². The number of likely N-dealkylation sites (N-methyl/N-ethyl adjacent to an activating group) is 1. The lowest BCUT2D eigenvalue weighted by Gasteiger charge is -2.22. The van der Waals surface area contributed by atoms with Crippen molar-refractivity contribution < 1.29 is 18.9 Å². The van der Waals surface area contributed by atoms with E-state index in [0.29, 0.717) is 12.4 Å². The maximum atomic E-state index is 5.46. The topological polar surface area (TPSA) is 49.0 Å². The van der Waals surface area contributed by atoms with Crippen LogP contribution >= 0.6 is 0 Å². The molecule has 1 aromatic rings.